The molecule has 0 spiro atoms. The number of hydrogen-bond donors (Lipinski definition) is 1. The number of amides is 1. The van der Waals surface area contributed by atoms with Crippen LogP contribution in [0.4, 0.5) is 0 Å². The van der Waals surface area contributed by atoms with Gasteiger partial charge in [0.1, 0.15) is 6.07 Å². The third-order valence-corrected chi connectivity index (χ3v) is 5.41. The minimum absolute atomic E-state index is 0.00941. The number of imidazole rings is 1. The Labute approximate surface area is 169 Å². The minimum atomic E-state index is -0.00941. The first kappa shape index (κ1) is 18.5. The van der Waals surface area contributed by atoms with Gasteiger partial charge in [-0.25, -0.2) is 4.98 Å². The standard InChI is InChI=1S/C23H19N5O/c1-14-3-6-18(9-20(14)22-15(2)26-21(11-25)27-22)23(29)28-12-19(13-28)17-7-4-16(10-24)5-8-17/h3-9,19H,12-13H2,1-2H3,(H,26,27). The lowest BCUT2D eigenvalue weighted by atomic mass is 9.90. The van der Waals surface area contributed by atoms with E-state index in [-0.39, 0.29) is 11.7 Å². The van der Waals surface area contributed by atoms with Crippen LogP contribution in [0.1, 0.15) is 44.5 Å². The van der Waals surface area contributed by atoms with Crippen LogP contribution < -0.4 is 0 Å². The maximum Gasteiger partial charge on any atom is 0.253 e. The number of aryl methyl sites for hydroxylation is 2. The molecule has 29 heavy (non-hydrogen) atoms. The second-order valence-electron chi connectivity index (χ2n) is 7.34. The van der Waals surface area contributed by atoms with Crippen molar-refractivity contribution in [2.24, 2.45) is 0 Å². The first-order chi connectivity index (χ1) is 14.0. The third-order valence-electron chi connectivity index (χ3n) is 5.41. The molecular weight excluding hydrogens is 362 g/mol. The lowest BCUT2D eigenvalue weighted by molar-refractivity contribution is 0.0602. The number of nitriles is 2. The summed E-state index contributed by atoms with van der Waals surface area (Å²) in [4.78, 5) is 22.1. The predicted octanol–water partition coefficient (Wildman–Crippen LogP) is 3.68. The van der Waals surface area contributed by atoms with E-state index >= 15 is 0 Å². The van der Waals surface area contributed by atoms with Gasteiger partial charge in [-0.2, -0.15) is 10.5 Å². The summed E-state index contributed by atoms with van der Waals surface area (Å²) in [6.45, 7) is 5.16. The fourth-order valence-electron chi connectivity index (χ4n) is 3.65. The summed E-state index contributed by atoms with van der Waals surface area (Å²) in [5.74, 6) is 0.551. The van der Waals surface area contributed by atoms with Gasteiger partial charge in [0, 0.05) is 35.8 Å². The lowest BCUT2D eigenvalue weighted by Crippen LogP contribution is -2.48. The van der Waals surface area contributed by atoms with Crippen LogP contribution in [-0.2, 0) is 0 Å². The van der Waals surface area contributed by atoms with Crippen LogP contribution in [0.15, 0.2) is 42.5 Å². The second-order valence-corrected chi connectivity index (χ2v) is 7.34. The normalized spacial score (nSPS) is 13.4. The molecule has 1 amide bonds. The highest BCUT2D eigenvalue weighted by Crippen LogP contribution is 2.31. The van der Waals surface area contributed by atoms with Gasteiger partial charge in [0.2, 0.25) is 5.82 Å². The Morgan fingerprint density at radius 3 is 2.45 bits per heavy atom. The van der Waals surface area contributed by atoms with Crippen molar-refractivity contribution < 1.29 is 4.79 Å². The van der Waals surface area contributed by atoms with Crippen molar-refractivity contribution in [3.05, 3.63) is 76.2 Å². The van der Waals surface area contributed by atoms with E-state index in [0.717, 1.165) is 22.4 Å². The van der Waals surface area contributed by atoms with Crippen molar-refractivity contribution in [1.82, 2.24) is 14.9 Å². The summed E-state index contributed by atoms with van der Waals surface area (Å²) >= 11 is 0. The van der Waals surface area contributed by atoms with E-state index in [1.165, 1.54) is 0 Å². The average Bonchev–Trinajstić information content (AvgIpc) is 3.08. The van der Waals surface area contributed by atoms with Crippen molar-refractivity contribution in [3.63, 3.8) is 0 Å². The Kier molecular flexibility index (Phi) is 4.62. The van der Waals surface area contributed by atoms with Gasteiger partial charge >= 0.3 is 0 Å². The molecule has 6 nitrogen and oxygen atoms in total. The number of aromatic amines is 1. The predicted molar refractivity (Wildman–Crippen MR) is 108 cm³/mol. The number of hydrogen-bond acceptors (Lipinski definition) is 4. The summed E-state index contributed by atoms with van der Waals surface area (Å²) in [6.07, 6.45) is 0. The van der Waals surface area contributed by atoms with Crippen LogP contribution in [0.3, 0.4) is 0 Å². The molecule has 2 heterocycles. The van der Waals surface area contributed by atoms with Crippen LogP contribution in [0.5, 0.6) is 0 Å². The summed E-state index contributed by atoms with van der Waals surface area (Å²) in [5, 5.41) is 18.0. The zero-order chi connectivity index (χ0) is 20.5. The van der Waals surface area contributed by atoms with Gasteiger partial charge in [0.15, 0.2) is 0 Å². The third kappa shape index (κ3) is 3.37. The second kappa shape index (κ2) is 7.26. The summed E-state index contributed by atoms with van der Waals surface area (Å²) in [6, 6.07) is 17.3. The van der Waals surface area contributed by atoms with Crippen LogP contribution in [0.2, 0.25) is 0 Å². The average molecular weight is 381 g/mol. The number of aromatic nitrogens is 2. The number of rotatable bonds is 3. The molecule has 3 aromatic rings. The number of nitrogens with zero attached hydrogens (tertiary/aromatic N) is 4. The SMILES string of the molecule is Cc1ccc(C(=O)N2CC(c3ccc(C#N)cc3)C2)cc1-c1nc(C#N)[nH]c1C. The van der Waals surface area contributed by atoms with Gasteiger partial charge in [-0.1, -0.05) is 18.2 Å². The Morgan fingerprint density at radius 2 is 1.83 bits per heavy atom. The number of nitrogens with one attached hydrogen (secondary N) is 1. The molecule has 0 unspecified atom stereocenters. The molecule has 0 aliphatic carbocycles. The van der Waals surface area contributed by atoms with E-state index < -0.39 is 0 Å². The molecule has 1 saturated heterocycles. The zero-order valence-electron chi connectivity index (χ0n) is 16.2. The molecule has 1 N–H and O–H groups in total. The molecular formula is C23H19N5O. The maximum absolute atomic E-state index is 12.9. The number of H-pyrrole nitrogens is 1. The van der Waals surface area contributed by atoms with E-state index in [1.54, 1.807) is 0 Å². The molecule has 0 bridgehead atoms. The lowest BCUT2D eigenvalue weighted by Gasteiger charge is -2.39. The van der Waals surface area contributed by atoms with E-state index in [2.05, 4.69) is 16.0 Å². The fourth-order valence-corrected chi connectivity index (χ4v) is 3.65. The van der Waals surface area contributed by atoms with Gasteiger partial charge in [0.25, 0.3) is 5.91 Å². The first-order valence-corrected chi connectivity index (χ1v) is 9.37. The summed E-state index contributed by atoms with van der Waals surface area (Å²) in [7, 11) is 0. The molecule has 142 valence electrons. The quantitative estimate of drug-likeness (QED) is 0.748. The number of benzene rings is 2. The highest BCUT2D eigenvalue weighted by atomic mass is 16.2. The van der Waals surface area contributed by atoms with Gasteiger partial charge in [0.05, 0.1) is 17.3 Å². The molecule has 6 heteroatoms. The van der Waals surface area contributed by atoms with Crippen molar-refractivity contribution in [1.29, 1.82) is 10.5 Å². The Hall–Kier alpha value is -3.90. The fraction of sp³-hybridized carbons (Fsp3) is 0.217. The van der Waals surface area contributed by atoms with E-state index in [1.807, 2.05) is 67.3 Å². The van der Waals surface area contributed by atoms with Crippen LogP contribution in [0.25, 0.3) is 11.3 Å². The number of carbonyl (C=O) groups is 1. The largest absolute Gasteiger partial charge is 0.337 e. The van der Waals surface area contributed by atoms with Gasteiger partial charge in [-0.15, -0.1) is 0 Å². The van der Waals surface area contributed by atoms with Gasteiger partial charge in [-0.05, 0) is 49.2 Å². The monoisotopic (exact) mass is 381 g/mol. The van der Waals surface area contributed by atoms with Crippen LogP contribution in [0, 0.1) is 36.5 Å². The number of carbonyl (C=O) groups excluding carboxylic acids is 1. The molecule has 1 aromatic heterocycles. The Balaban J connectivity index is 1.52. The van der Waals surface area contributed by atoms with Crippen molar-refractivity contribution in [3.8, 4) is 23.4 Å². The zero-order valence-corrected chi connectivity index (χ0v) is 16.2. The Morgan fingerprint density at radius 1 is 1.10 bits per heavy atom. The first-order valence-electron chi connectivity index (χ1n) is 9.37. The van der Waals surface area contributed by atoms with E-state index in [0.29, 0.717) is 35.8 Å². The smallest absolute Gasteiger partial charge is 0.253 e. The minimum Gasteiger partial charge on any atom is -0.337 e. The molecule has 1 aliphatic rings. The van der Waals surface area contributed by atoms with E-state index in [9.17, 15) is 4.79 Å². The van der Waals surface area contributed by atoms with Crippen molar-refractivity contribution in [2.45, 2.75) is 19.8 Å². The molecule has 1 fully saturated rings. The van der Waals surface area contributed by atoms with E-state index in [4.69, 9.17) is 10.5 Å². The summed E-state index contributed by atoms with van der Waals surface area (Å²) < 4.78 is 0. The number of likely N-dealkylation sites (tertiary alicyclic amines) is 1. The van der Waals surface area contributed by atoms with Crippen molar-refractivity contribution in [2.75, 3.05) is 13.1 Å². The van der Waals surface area contributed by atoms with Crippen LogP contribution >= 0.6 is 0 Å². The topological polar surface area (TPSA) is 96.6 Å². The highest BCUT2D eigenvalue weighted by Gasteiger charge is 2.32. The summed E-state index contributed by atoms with van der Waals surface area (Å²) in [5.41, 5.74) is 5.77. The molecule has 4 rings (SSSR count). The molecule has 1 aliphatic heterocycles. The maximum atomic E-state index is 12.9. The van der Waals surface area contributed by atoms with Crippen LogP contribution in [-0.4, -0.2) is 33.9 Å². The van der Waals surface area contributed by atoms with Gasteiger partial charge in [-0.3, -0.25) is 4.79 Å². The van der Waals surface area contributed by atoms with Gasteiger partial charge < -0.3 is 9.88 Å². The molecule has 0 radical (unpaired) electrons. The molecule has 0 saturated carbocycles. The van der Waals surface area contributed by atoms with Crippen molar-refractivity contribution >= 4 is 5.91 Å². The Bertz CT molecular complexity index is 1170. The molecule has 2 aromatic carbocycles. The molecule has 0 atom stereocenters. The highest BCUT2D eigenvalue weighted by molar-refractivity contribution is 5.96.